The van der Waals surface area contributed by atoms with Gasteiger partial charge in [-0.15, -0.1) is 0 Å². The van der Waals surface area contributed by atoms with Crippen LogP contribution in [0.4, 0.5) is 0 Å². The molecule has 0 aliphatic carbocycles. The highest BCUT2D eigenvalue weighted by Gasteiger charge is 2.10. The Balaban J connectivity index is 0.000000172. The van der Waals surface area contributed by atoms with E-state index in [0.29, 0.717) is 11.3 Å². The number of carbonyl (C=O) groups is 2. The lowest BCUT2D eigenvalue weighted by Crippen LogP contribution is -2.09. The van der Waals surface area contributed by atoms with Crippen LogP contribution < -0.4 is 5.73 Å². The first-order chi connectivity index (χ1) is 10.5. The van der Waals surface area contributed by atoms with Crippen molar-refractivity contribution in [3.63, 3.8) is 0 Å². The number of aromatic nitrogens is 1. The zero-order chi connectivity index (χ0) is 16.1. The molecule has 0 saturated carbocycles. The van der Waals surface area contributed by atoms with Gasteiger partial charge >= 0.3 is 5.97 Å². The highest BCUT2D eigenvalue weighted by Crippen LogP contribution is 2.17. The van der Waals surface area contributed by atoms with E-state index in [-0.39, 0.29) is 5.91 Å². The molecule has 0 bridgehead atoms. The van der Waals surface area contributed by atoms with Crippen molar-refractivity contribution >= 4 is 22.8 Å². The molecule has 1 amide bonds. The molecule has 0 atom stereocenters. The van der Waals surface area contributed by atoms with Crippen LogP contribution in [0.15, 0.2) is 60.7 Å². The number of hydrogen-bond donors (Lipinski definition) is 2. The van der Waals surface area contributed by atoms with Gasteiger partial charge in [-0.2, -0.15) is 0 Å². The molecule has 3 N–H and O–H groups in total. The number of carboxylic acids is 1. The van der Waals surface area contributed by atoms with Crippen LogP contribution in [0.25, 0.3) is 10.9 Å². The highest BCUT2D eigenvalue weighted by atomic mass is 16.4. The Morgan fingerprint density at radius 1 is 1.00 bits per heavy atom. The zero-order valence-electron chi connectivity index (χ0n) is 12.1. The van der Waals surface area contributed by atoms with Crippen molar-refractivity contribution in [2.24, 2.45) is 12.8 Å². The number of fused-ring (bicyclic) bond motifs is 1. The number of para-hydroxylation sites is 1. The van der Waals surface area contributed by atoms with Crippen LogP contribution in [-0.4, -0.2) is 21.6 Å². The molecule has 5 heteroatoms. The molecule has 0 unspecified atom stereocenters. The van der Waals surface area contributed by atoms with Gasteiger partial charge in [-0.3, -0.25) is 4.79 Å². The number of aryl methyl sites for hydroxylation is 1. The van der Waals surface area contributed by atoms with Crippen LogP contribution in [0, 0.1) is 0 Å². The van der Waals surface area contributed by atoms with Gasteiger partial charge in [0.05, 0.1) is 0 Å². The molecular weight excluding hydrogens is 280 g/mol. The maximum Gasteiger partial charge on any atom is 0.352 e. The Hall–Kier alpha value is -3.08. The minimum atomic E-state index is -0.890. The Labute approximate surface area is 127 Å². The highest BCUT2D eigenvalue weighted by molar-refractivity contribution is 5.94. The van der Waals surface area contributed by atoms with Gasteiger partial charge in [0.15, 0.2) is 0 Å². The summed E-state index contributed by atoms with van der Waals surface area (Å²) in [7, 11) is 1.76. The van der Waals surface area contributed by atoms with E-state index in [2.05, 4.69) is 0 Å². The molecular formula is C17H16N2O3. The largest absolute Gasteiger partial charge is 0.477 e. The lowest BCUT2D eigenvalue weighted by Gasteiger charge is -1.97. The van der Waals surface area contributed by atoms with E-state index in [4.69, 9.17) is 10.8 Å². The van der Waals surface area contributed by atoms with E-state index in [0.717, 1.165) is 10.9 Å². The van der Waals surface area contributed by atoms with Gasteiger partial charge in [0.2, 0.25) is 5.91 Å². The third-order valence-electron chi connectivity index (χ3n) is 3.23. The SMILES string of the molecule is Cn1c(C(=O)O)cc2ccccc21.NC(=O)c1ccccc1. The number of carboxylic acid groups (broad SMARTS) is 1. The first-order valence-corrected chi connectivity index (χ1v) is 6.63. The molecule has 0 radical (unpaired) electrons. The van der Waals surface area contributed by atoms with E-state index in [1.54, 1.807) is 41.9 Å². The number of nitrogens with two attached hydrogens (primary N) is 1. The van der Waals surface area contributed by atoms with Gasteiger partial charge in [0, 0.05) is 23.5 Å². The smallest absolute Gasteiger partial charge is 0.352 e. The quantitative estimate of drug-likeness (QED) is 0.762. The Morgan fingerprint density at radius 2 is 1.59 bits per heavy atom. The molecule has 0 fully saturated rings. The van der Waals surface area contributed by atoms with E-state index in [1.165, 1.54) is 0 Å². The van der Waals surface area contributed by atoms with Gasteiger partial charge in [0.1, 0.15) is 5.69 Å². The fourth-order valence-corrected chi connectivity index (χ4v) is 2.10. The molecule has 0 saturated heterocycles. The number of nitrogens with zero attached hydrogens (tertiary/aromatic N) is 1. The number of primary amides is 1. The molecule has 0 aliphatic rings. The van der Waals surface area contributed by atoms with Crippen molar-refractivity contribution in [3.05, 3.63) is 71.9 Å². The summed E-state index contributed by atoms with van der Waals surface area (Å²) in [6.07, 6.45) is 0. The molecule has 5 nitrogen and oxygen atoms in total. The maximum absolute atomic E-state index is 10.8. The third kappa shape index (κ3) is 3.32. The summed E-state index contributed by atoms with van der Waals surface area (Å²) >= 11 is 0. The lowest BCUT2D eigenvalue weighted by atomic mass is 10.2. The first-order valence-electron chi connectivity index (χ1n) is 6.63. The second-order valence-electron chi connectivity index (χ2n) is 4.68. The van der Waals surface area contributed by atoms with Crippen LogP contribution in [0.2, 0.25) is 0 Å². The topological polar surface area (TPSA) is 85.3 Å². The average molecular weight is 296 g/mol. The van der Waals surface area contributed by atoms with E-state index in [1.807, 2.05) is 30.3 Å². The fraction of sp³-hybridized carbons (Fsp3) is 0.0588. The molecule has 3 rings (SSSR count). The van der Waals surface area contributed by atoms with E-state index in [9.17, 15) is 9.59 Å². The van der Waals surface area contributed by atoms with Crippen LogP contribution in [0.3, 0.4) is 0 Å². The Morgan fingerprint density at radius 3 is 2.09 bits per heavy atom. The Kier molecular flexibility index (Phi) is 4.58. The summed E-state index contributed by atoms with van der Waals surface area (Å²) < 4.78 is 1.68. The van der Waals surface area contributed by atoms with Crippen molar-refractivity contribution in [1.29, 1.82) is 0 Å². The van der Waals surface area contributed by atoms with Gasteiger partial charge in [-0.25, -0.2) is 4.79 Å². The summed E-state index contributed by atoms with van der Waals surface area (Å²) in [4.78, 5) is 21.2. The van der Waals surface area contributed by atoms with Gasteiger partial charge in [-0.05, 0) is 24.3 Å². The molecule has 22 heavy (non-hydrogen) atoms. The molecule has 0 spiro atoms. The van der Waals surface area contributed by atoms with Crippen molar-refractivity contribution in [1.82, 2.24) is 4.57 Å². The van der Waals surface area contributed by atoms with Crippen molar-refractivity contribution < 1.29 is 14.7 Å². The molecule has 1 heterocycles. The summed E-state index contributed by atoms with van der Waals surface area (Å²) in [6.45, 7) is 0. The van der Waals surface area contributed by atoms with Crippen LogP contribution >= 0.6 is 0 Å². The normalized spacial score (nSPS) is 9.86. The summed E-state index contributed by atoms with van der Waals surface area (Å²) in [5.41, 5.74) is 6.79. The van der Waals surface area contributed by atoms with Gasteiger partial charge in [0.25, 0.3) is 0 Å². The molecule has 3 aromatic rings. The first kappa shape index (κ1) is 15.3. The number of amides is 1. The number of carbonyl (C=O) groups excluding carboxylic acids is 1. The summed E-state index contributed by atoms with van der Waals surface area (Å²) in [5.74, 6) is -1.27. The van der Waals surface area contributed by atoms with Crippen LogP contribution in [0.1, 0.15) is 20.8 Å². The molecule has 2 aromatic carbocycles. The van der Waals surface area contributed by atoms with Gasteiger partial charge < -0.3 is 15.4 Å². The predicted molar refractivity (Wildman–Crippen MR) is 84.8 cm³/mol. The number of hydrogen-bond acceptors (Lipinski definition) is 2. The second kappa shape index (κ2) is 6.58. The Bertz CT molecular complexity index is 807. The number of rotatable bonds is 2. The summed E-state index contributed by atoms with van der Waals surface area (Å²) in [5, 5.41) is 9.81. The minimum Gasteiger partial charge on any atom is -0.477 e. The second-order valence-corrected chi connectivity index (χ2v) is 4.68. The van der Waals surface area contributed by atoms with Crippen molar-refractivity contribution in [2.75, 3.05) is 0 Å². The van der Waals surface area contributed by atoms with Gasteiger partial charge in [-0.1, -0.05) is 36.4 Å². The van der Waals surface area contributed by atoms with Crippen molar-refractivity contribution in [3.8, 4) is 0 Å². The molecule has 0 aliphatic heterocycles. The minimum absolute atomic E-state index is 0.321. The third-order valence-corrected chi connectivity index (χ3v) is 3.23. The standard InChI is InChI=1S/C10H9NO2.C7H7NO/c1-11-8-5-3-2-4-7(8)6-9(11)10(12)13;8-7(9)6-4-2-1-3-5-6/h2-6H,1H3,(H,12,13);1-5H,(H2,8,9). The van der Waals surface area contributed by atoms with E-state index < -0.39 is 5.97 Å². The van der Waals surface area contributed by atoms with Crippen LogP contribution in [0.5, 0.6) is 0 Å². The fourth-order valence-electron chi connectivity index (χ4n) is 2.10. The average Bonchev–Trinajstić information content (AvgIpc) is 2.87. The molecule has 112 valence electrons. The van der Waals surface area contributed by atoms with E-state index >= 15 is 0 Å². The number of benzene rings is 2. The lowest BCUT2D eigenvalue weighted by molar-refractivity contribution is 0.0687. The zero-order valence-corrected chi connectivity index (χ0v) is 12.1. The molecule has 1 aromatic heterocycles. The predicted octanol–water partition coefficient (Wildman–Crippen LogP) is 2.66. The number of aromatic carboxylic acids is 1. The van der Waals surface area contributed by atoms with Crippen molar-refractivity contribution in [2.45, 2.75) is 0 Å². The monoisotopic (exact) mass is 296 g/mol. The van der Waals surface area contributed by atoms with Crippen LogP contribution in [-0.2, 0) is 7.05 Å². The summed E-state index contributed by atoms with van der Waals surface area (Å²) in [6, 6.07) is 18.0. The maximum atomic E-state index is 10.8.